The molecule has 110 valence electrons. The van der Waals surface area contributed by atoms with Gasteiger partial charge in [-0.15, -0.1) is 11.6 Å². The molecule has 1 aromatic rings. The van der Waals surface area contributed by atoms with E-state index in [2.05, 4.69) is 6.92 Å². The van der Waals surface area contributed by atoms with E-state index in [9.17, 15) is 0 Å². The summed E-state index contributed by atoms with van der Waals surface area (Å²) in [5, 5.41) is 0.471. The lowest BCUT2D eigenvalue weighted by Gasteiger charge is -2.19. The Balaban J connectivity index is 1.87. The molecule has 3 unspecified atom stereocenters. The molecule has 0 saturated carbocycles. The van der Waals surface area contributed by atoms with Gasteiger partial charge in [0.15, 0.2) is 11.5 Å². The number of alkyl halides is 1. The third-order valence-corrected chi connectivity index (χ3v) is 4.73. The van der Waals surface area contributed by atoms with Crippen LogP contribution in [0, 0.1) is 5.92 Å². The Bertz CT molecular complexity index is 492. The summed E-state index contributed by atoms with van der Waals surface area (Å²) in [7, 11) is 0. The van der Waals surface area contributed by atoms with Gasteiger partial charge in [-0.1, -0.05) is 11.6 Å². The van der Waals surface area contributed by atoms with Crippen molar-refractivity contribution in [1.29, 1.82) is 0 Å². The molecule has 5 heteroatoms. The summed E-state index contributed by atoms with van der Waals surface area (Å²) in [6, 6.07) is 3.73. The van der Waals surface area contributed by atoms with Gasteiger partial charge in [0.1, 0.15) is 0 Å². The molecule has 0 aliphatic carbocycles. The Morgan fingerprint density at radius 2 is 1.90 bits per heavy atom. The smallest absolute Gasteiger partial charge is 0.162 e. The fraction of sp³-hybridized carbons (Fsp3) is 0.600. The van der Waals surface area contributed by atoms with Crippen molar-refractivity contribution in [3.63, 3.8) is 0 Å². The third kappa shape index (κ3) is 2.85. The molecule has 0 amide bonds. The van der Waals surface area contributed by atoms with Gasteiger partial charge in [0, 0.05) is 23.4 Å². The van der Waals surface area contributed by atoms with Crippen molar-refractivity contribution in [2.24, 2.45) is 5.92 Å². The van der Waals surface area contributed by atoms with Crippen LogP contribution in [-0.2, 0) is 4.74 Å². The minimum atomic E-state index is -0.162. The van der Waals surface area contributed by atoms with E-state index in [0.29, 0.717) is 30.6 Å². The molecule has 0 N–H and O–H groups in total. The van der Waals surface area contributed by atoms with E-state index in [0.717, 1.165) is 24.2 Å². The molecule has 0 bridgehead atoms. The Hall–Kier alpha value is -0.640. The SMILES string of the molecule is CC1CC(C(Cl)c2cc3c(cc2Cl)OCCCO3)CO1. The van der Waals surface area contributed by atoms with Crippen LogP contribution in [0.3, 0.4) is 0 Å². The van der Waals surface area contributed by atoms with Crippen LogP contribution in [-0.4, -0.2) is 25.9 Å². The maximum Gasteiger partial charge on any atom is 0.162 e. The van der Waals surface area contributed by atoms with Crippen molar-refractivity contribution < 1.29 is 14.2 Å². The molecule has 20 heavy (non-hydrogen) atoms. The van der Waals surface area contributed by atoms with Crippen molar-refractivity contribution in [3.05, 3.63) is 22.7 Å². The first-order chi connectivity index (χ1) is 9.65. The predicted octanol–water partition coefficient (Wildman–Crippen LogP) is 4.21. The van der Waals surface area contributed by atoms with E-state index in [-0.39, 0.29) is 17.4 Å². The number of rotatable bonds is 2. The summed E-state index contributed by atoms with van der Waals surface area (Å²) in [6.07, 6.45) is 2.10. The lowest BCUT2D eigenvalue weighted by Crippen LogP contribution is -2.09. The molecule has 0 spiro atoms. The van der Waals surface area contributed by atoms with Crippen LogP contribution >= 0.6 is 23.2 Å². The number of fused-ring (bicyclic) bond motifs is 1. The molecule has 0 aromatic heterocycles. The molecule has 1 fully saturated rings. The Kier molecular flexibility index (Phi) is 4.29. The van der Waals surface area contributed by atoms with E-state index in [1.165, 1.54) is 0 Å². The van der Waals surface area contributed by atoms with Gasteiger partial charge in [-0.2, -0.15) is 0 Å². The highest BCUT2D eigenvalue weighted by Gasteiger charge is 2.31. The van der Waals surface area contributed by atoms with Crippen molar-refractivity contribution in [1.82, 2.24) is 0 Å². The second-order valence-corrected chi connectivity index (χ2v) is 6.29. The second kappa shape index (κ2) is 6.00. The molecule has 2 aliphatic heterocycles. The summed E-state index contributed by atoms with van der Waals surface area (Å²) in [6.45, 7) is 4.06. The van der Waals surface area contributed by atoms with Crippen molar-refractivity contribution in [3.8, 4) is 11.5 Å². The van der Waals surface area contributed by atoms with Crippen LogP contribution in [0.2, 0.25) is 5.02 Å². The zero-order valence-corrected chi connectivity index (χ0v) is 12.9. The van der Waals surface area contributed by atoms with Crippen LogP contribution in [0.5, 0.6) is 11.5 Å². The maximum absolute atomic E-state index is 6.61. The fourth-order valence-corrected chi connectivity index (χ4v) is 3.40. The monoisotopic (exact) mass is 316 g/mol. The van der Waals surface area contributed by atoms with E-state index >= 15 is 0 Å². The molecule has 3 nitrogen and oxygen atoms in total. The summed E-state index contributed by atoms with van der Waals surface area (Å²) in [5.41, 5.74) is 0.903. The average Bonchev–Trinajstić information content (AvgIpc) is 2.73. The number of ether oxygens (including phenoxy) is 3. The zero-order valence-electron chi connectivity index (χ0n) is 11.4. The van der Waals surface area contributed by atoms with Gasteiger partial charge < -0.3 is 14.2 Å². The second-order valence-electron chi connectivity index (χ2n) is 5.41. The minimum Gasteiger partial charge on any atom is -0.490 e. The largest absolute Gasteiger partial charge is 0.490 e. The predicted molar refractivity (Wildman–Crippen MR) is 79.2 cm³/mol. The van der Waals surface area contributed by atoms with Gasteiger partial charge in [-0.25, -0.2) is 0 Å². The van der Waals surface area contributed by atoms with Gasteiger partial charge >= 0.3 is 0 Å². The summed E-state index contributed by atoms with van der Waals surface area (Å²) in [5.74, 6) is 1.73. The summed E-state index contributed by atoms with van der Waals surface area (Å²) in [4.78, 5) is 0. The minimum absolute atomic E-state index is 0.162. The molecule has 3 rings (SSSR count). The maximum atomic E-state index is 6.61. The van der Waals surface area contributed by atoms with Crippen LogP contribution in [0.15, 0.2) is 12.1 Å². The van der Waals surface area contributed by atoms with Crippen LogP contribution < -0.4 is 9.47 Å². The average molecular weight is 317 g/mol. The van der Waals surface area contributed by atoms with Crippen molar-refractivity contribution >= 4 is 23.2 Å². The number of hydrogen-bond donors (Lipinski definition) is 0. The number of benzene rings is 1. The number of halogens is 2. The van der Waals surface area contributed by atoms with Gasteiger partial charge in [0.25, 0.3) is 0 Å². The normalized spacial score (nSPS) is 27.1. The van der Waals surface area contributed by atoms with Gasteiger partial charge in [-0.05, 0) is 25.0 Å². The summed E-state index contributed by atoms with van der Waals surface area (Å²) >= 11 is 13.0. The Morgan fingerprint density at radius 3 is 2.55 bits per heavy atom. The molecular weight excluding hydrogens is 299 g/mol. The highest BCUT2D eigenvalue weighted by molar-refractivity contribution is 6.33. The van der Waals surface area contributed by atoms with E-state index < -0.39 is 0 Å². The standard InChI is InChI=1S/C15H18Cl2O3/c1-9-5-10(8-20-9)15(17)11-6-13-14(7-12(11)16)19-4-2-3-18-13/h6-7,9-10,15H,2-5,8H2,1H3. The first-order valence-electron chi connectivity index (χ1n) is 7.00. The van der Waals surface area contributed by atoms with Crippen LogP contribution in [0.25, 0.3) is 0 Å². The highest BCUT2D eigenvalue weighted by Crippen LogP contribution is 2.44. The topological polar surface area (TPSA) is 27.7 Å². The molecule has 1 aromatic carbocycles. The molecule has 1 saturated heterocycles. The van der Waals surface area contributed by atoms with Gasteiger partial charge in [0.05, 0.1) is 31.3 Å². The zero-order chi connectivity index (χ0) is 14.1. The molecular formula is C15H18Cl2O3. The van der Waals surface area contributed by atoms with Gasteiger partial charge in [-0.3, -0.25) is 0 Å². The quantitative estimate of drug-likeness (QED) is 0.765. The van der Waals surface area contributed by atoms with Crippen molar-refractivity contribution in [2.45, 2.75) is 31.2 Å². The number of hydrogen-bond acceptors (Lipinski definition) is 3. The van der Waals surface area contributed by atoms with E-state index in [4.69, 9.17) is 37.4 Å². The summed E-state index contributed by atoms with van der Waals surface area (Å²) < 4.78 is 16.9. The van der Waals surface area contributed by atoms with Crippen LogP contribution in [0.4, 0.5) is 0 Å². The lowest BCUT2D eigenvalue weighted by molar-refractivity contribution is 0.120. The van der Waals surface area contributed by atoms with Gasteiger partial charge in [0.2, 0.25) is 0 Å². The lowest BCUT2D eigenvalue weighted by atomic mass is 9.96. The van der Waals surface area contributed by atoms with E-state index in [1.54, 1.807) is 0 Å². The highest BCUT2D eigenvalue weighted by atomic mass is 35.5. The molecule has 0 radical (unpaired) electrons. The fourth-order valence-electron chi connectivity index (χ4n) is 2.72. The molecule has 2 heterocycles. The first kappa shape index (κ1) is 14.3. The van der Waals surface area contributed by atoms with Crippen LogP contribution in [0.1, 0.15) is 30.7 Å². The Morgan fingerprint density at radius 1 is 1.20 bits per heavy atom. The molecule has 2 aliphatic rings. The first-order valence-corrected chi connectivity index (χ1v) is 7.81. The van der Waals surface area contributed by atoms with Crippen molar-refractivity contribution in [2.75, 3.05) is 19.8 Å². The Labute approximate surface area is 129 Å². The molecule has 3 atom stereocenters. The van der Waals surface area contributed by atoms with E-state index in [1.807, 2.05) is 12.1 Å². The third-order valence-electron chi connectivity index (χ3n) is 3.81.